The topological polar surface area (TPSA) is 52.6 Å². The summed E-state index contributed by atoms with van der Waals surface area (Å²) >= 11 is 0. The van der Waals surface area contributed by atoms with Gasteiger partial charge in [-0.05, 0) is 37.4 Å². The van der Waals surface area contributed by atoms with Crippen LogP contribution in [-0.2, 0) is 4.79 Å². The van der Waals surface area contributed by atoms with Crippen LogP contribution in [-0.4, -0.2) is 48.2 Å². The van der Waals surface area contributed by atoms with E-state index >= 15 is 0 Å². The van der Waals surface area contributed by atoms with Gasteiger partial charge in [0.05, 0.1) is 5.92 Å². The maximum Gasteiger partial charge on any atom is 0.312 e. The highest BCUT2D eigenvalue weighted by atomic mass is 16.4. The number of benzene rings is 1. The number of carbonyl (C=O) groups is 1. The second-order valence-electron chi connectivity index (χ2n) is 6.08. The van der Waals surface area contributed by atoms with Crippen LogP contribution in [0.4, 0.5) is 0 Å². The molecule has 20 heavy (non-hydrogen) atoms. The molecular weight excluding hydrogens is 252 g/mol. The molecule has 2 aliphatic heterocycles. The molecule has 4 nitrogen and oxygen atoms in total. The monoisotopic (exact) mass is 274 g/mol. The zero-order valence-corrected chi connectivity index (χ0v) is 11.8. The summed E-state index contributed by atoms with van der Waals surface area (Å²) in [6, 6.07) is 10.1. The Morgan fingerprint density at radius 3 is 2.80 bits per heavy atom. The Morgan fingerprint density at radius 1 is 1.40 bits per heavy atom. The van der Waals surface area contributed by atoms with Crippen molar-refractivity contribution in [3.63, 3.8) is 0 Å². The number of rotatable bonds is 4. The standard InChI is InChI=1S/C16H22N2O2/c1-11-14-8-17-7-13(14)9-18(11)10-15(16(19)20)12-5-3-2-4-6-12/h2-6,11,13-15,17H,7-10H2,1H3,(H,19,20). The van der Waals surface area contributed by atoms with Gasteiger partial charge in [-0.25, -0.2) is 0 Å². The van der Waals surface area contributed by atoms with Crippen LogP contribution >= 0.6 is 0 Å². The number of hydrogen-bond donors (Lipinski definition) is 2. The first-order chi connectivity index (χ1) is 9.66. The van der Waals surface area contributed by atoms with Gasteiger partial charge in [0.2, 0.25) is 0 Å². The van der Waals surface area contributed by atoms with Gasteiger partial charge in [0, 0.05) is 19.1 Å². The fourth-order valence-corrected chi connectivity index (χ4v) is 3.74. The minimum Gasteiger partial charge on any atom is -0.481 e. The molecule has 2 heterocycles. The van der Waals surface area contributed by atoms with Gasteiger partial charge in [0.15, 0.2) is 0 Å². The minimum atomic E-state index is -0.724. The second kappa shape index (κ2) is 5.54. The van der Waals surface area contributed by atoms with Crippen LogP contribution < -0.4 is 5.32 Å². The molecule has 0 bridgehead atoms. The van der Waals surface area contributed by atoms with Crippen LogP contribution in [0.3, 0.4) is 0 Å². The Bertz CT molecular complexity index is 477. The summed E-state index contributed by atoms with van der Waals surface area (Å²) in [4.78, 5) is 14.0. The van der Waals surface area contributed by atoms with E-state index in [0.717, 1.165) is 25.2 Å². The Kier molecular flexibility index (Phi) is 3.76. The first-order valence-electron chi connectivity index (χ1n) is 7.39. The van der Waals surface area contributed by atoms with E-state index in [9.17, 15) is 9.90 Å². The van der Waals surface area contributed by atoms with Gasteiger partial charge >= 0.3 is 5.97 Å². The van der Waals surface area contributed by atoms with Crippen molar-refractivity contribution < 1.29 is 9.90 Å². The third-order valence-electron chi connectivity index (χ3n) is 4.97. The molecule has 2 fully saturated rings. The summed E-state index contributed by atoms with van der Waals surface area (Å²) in [5.74, 6) is 0.222. The fraction of sp³-hybridized carbons (Fsp3) is 0.562. The molecule has 4 unspecified atom stereocenters. The quantitative estimate of drug-likeness (QED) is 0.871. The maximum absolute atomic E-state index is 11.6. The molecule has 3 rings (SSSR count). The normalized spacial score (nSPS) is 31.1. The average Bonchev–Trinajstić information content (AvgIpc) is 3.01. The molecule has 0 radical (unpaired) electrons. The molecule has 1 aromatic rings. The fourth-order valence-electron chi connectivity index (χ4n) is 3.74. The molecule has 0 aromatic heterocycles. The van der Waals surface area contributed by atoms with Crippen LogP contribution in [0.2, 0.25) is 0 Å². The number of fused-ring (bicyclic) bond motifs is 1. The lowest BCUT2D eigenvalue weighted by molar-refractivity contribution is -0.139. The molecule has 4 atom stereocenters. The van der Waals surface area contributed by atoms with Crippen molar-refractivity contribution in [3.8, 4) is 0 Å². The van der Waals surface area contributed by atoms with Crippen LogP contribution in [0.1, 0.15) is 18.4 Å². The summed E-state index contributed by atoms with van der Waals surface area (Å²) in [6.07, 6.45) is 0. The summed E-state index contributed by atoms with van der Waals surface area (Å²) in [7, 11) is 0. The van der Waals surface area contributed by atoms with E-state index in [1.165, 1.54) is 0 Å². The number of nitrogens with one attached hydrogen (secondary N) is 1. The molecule has 0 amide bonds. The lowest BCUT2D eigenvalue weighted by atomic mass is 9.95. The van der Waals surface area contributed by atoms with E-state index in [1.54, 1.807) is 0 Å². The van der Waals surface area contributed by atoms with E-state index in [1.807, 2.05) is 30.3 Å². The van der Waals surface area contributed by atoms with Crippen LogP contribution in [0, 0.1) is 11.8 Å². The maximum atomic E-state index is 11.6. The molecule has 2 aliphatic rings. The highest BCUT2D eigenvalue weighted by Gasteiger charge is 2.42. The zero-order chi connectivity index (χ0) is 14.1. The molecule has 2 N–H and O–H groups in total. The van der Waals surface area contributed by atoms with E-state index < -0.39 is 11.9 Å². The Hall–Kier alpha value is -1.39. The van der Waals surface area contributed by atoms with Crippen LogP contribution in [0.25, 0.3) is 0 Å². The van der Waals surface area contributed by atoms with Crippen molar-refractivity contribution in [2.45, 2.75) is 18.9 Å². The van der Waals surface area contributed by atoms with E-state index in [4.69, 9.17) is 0 Å². The van der Waals surface area contributed by atoms with Gasteiger partial charge in [-0.1, -0.05) is 30.3 Å². The van der Waals surface area contributed by atoms with E-state index in [-0.39, 0.29) is 0 Å². The van der Waals surface area contributed by atoms with Crippen molar-refractivity contribution >= 4 is 5.97 Å². The van der Waals surface area contributed by atoms with Crippen LogP contribution in [0.5, 0.6) is 0 Å². The van der Waals surface area contributed by atoms with E-state index in [2.05, 4.69) is 17.1 Å². The minimum absolute atomic E-state index is 0.426. The first-order valence-corrected chi connectivity index (χ1v) is 7.39. The molecule has 1 aromatic carbocycles. The Morgan fingerprint density at radius 2 is 2.15 bits per heavy atom. The Balaban J connectivity index is 1.73. The number of likely N-dealkylation sites (tertiary alicyclic amines) is 1. The molecule has 0 aliphatic carbocycles. The summed E-state index contributed by atoms with van der Waals surface area (Å²) in [5.41, 5.74) is 0.905. The lowest BCUT2D eigenvalue weighted by Gasteiger charge is -2.27. The number of carboxylic acids is 1. The first kappa shape index (κ1) is 13.6. The van der Waals surface area contributed by atoms with Gasteiger partial charge in [0.1, 0.15) is 0 Å². The largest absolute Gasteiger partial charge is 0.481 e. The smallest absolute Gasteiger partial charge is 0.312 e. The number of hydrogen-bond acceptors (Lipinski definition) is 3. The van der Waals surface area contributed by atoms with Crippen molar-refractivity contribution in [3.05, 3.63) is 35.9 Å². The third kappa shape index (κ3) is 2.45. The van der Waals surface area contributed by atoms with Crippen molar-refractivity contribution in [1.82, 2.24) is 10.2 Å². The average molecular weight is 274 g/mol. The summed E-state index contributed by atoms with van der Waals surface area (Å²) < 4.78 is 0. The molecule has 0 saturated carbocycles. The van der Waals surface area contributed by atoms with Gasteiger partial charge in [-0.3, -0.25) is 9.69 Å². The van der Waals surface area contributed by atoms with Crippen molar-refractivity contribution in [1.29, 1.82) is 0 Å². The van der Waals surface area contributed by atoms with E-state index in [0.29, 0.717) is 24.4 Å². The Labute approximate surface area is 119 Å². The SMILES string of the molecule is CC1C2CNCC2CN1CC(C(=O)O)c1ccccc1. The van der Waals surface area contributed by atoms with Gasteiger partial charge < -0.3 is 10.4 Å². The van der Waals surface area contributed by atoms with Gasteiger partial charge in [-0.2, -0.15) is 0 Å². The van der Waals surface area contributed by atoms with Gasteiger partial charge in [-0.15, -0.1) is 0 Å². The third-order valence-corrected chi connectivity index (χ3v) is 4.97. The predicted octanol–water partition coefficient (Wildman–Crippen LogP) is 1.39. The van der Waals surface area contributed by atoms with Crippen molar-refractivity contribution in [2.24, 2.45) is 11.8 Å². The molecular formula is C16H22N2O2. The molecule has 108 valence electrons. The number of aliphatic carboxylic acids is 1. The van der Waals surface area contributed by atoms with Crippen LogP contribution in [0.15, 0.2) is 30.3 Å². The number of nitrogens with zero attached hydrogens (tertiary/aromatic N) is 1. The highest BCUT2D eigenvalue weighted by molar-refractivity contribution is 5.76. The summed E-state index contributed by atoms with van der Waals surface area (Å²) in [6.45, 7) is 6.03. The zero-order valence-electron chi connectivity index (χ0n) is 11.8. The van der Waals surface area contributed by atoms with Gasteiger partial charge in [0.25, 0.3) is 0 Å². The second-order valence-corrected chi connectivity index (χ2v) is 6.08. The molecule has 4 heteroatoms. The highest BCUT2D eigenvalue weighted by Crippen LogP contribution is 2.33. The lowest BCUT2D eigenvalue weighted by Crippen LogP contribution is -2.38. The number of carboxylic acid groups (broad SMARTS) is 1. The molecule has 2 saturated heterocycles. The predicted molar refractivity (Wildman–Crippen MR) is 77.7 cm³/mol. The summed E-state index contributed by atoms with van der Waals surface area (Å²) in [5, 5.41) is 13.0. The molecule has 0 spiro atoms. The van der Waals surface area contributed by atoms with Crippen molar-refractivity contribution in [2.75, 3.05) is 26.2 Å².